The Morgan fingerprint density at radius 2 is 2.47 bits per heavy atom. The van der Waals surface area contributed by atoms with E-state index in [1.54, 1.807) is 0 Å². The molecular formula is C11H14FN3O2. The molecule has 0 aromatic carbocycles. The zero-order valence-corrected chi connectivity index (χ0v) is 9.48. The predicted molar refractivity (Wildman–Crippen MR) is 61.9 cm³/mol. The Labute approximate surface area is 98.3 Å². The van der Waals surface area contributed by atoms with Crippen molar-refractivity contribution in [3.8, 4) is 0 Å². The third-order valence-electron chi connectivity index (χ3n) is 2.94. The van der Waals surface area contributed by atoms with Crippen molar-refractivity contribution < 1.29 is 14.3 Å². The molecule has 1 unspecified atom stereocenters. The van der Waals surface area contributed by atoms with Gasteiger partial charge in [0, 0.05) is 18.7 Å². The van der Waals surface area contributed by atoms with Crippen molar-refractivity contribution in [2.45, 2.75) is 25.8 Å². The lowest BCUT2D eigenvalue weighted by molar-refractivity contribution is 0.209. The van der Waals surface area contributed by atoms with E-state index >= 15 is 0 Å². The highest BCUT2D eigenvalue weighted by Gasteiger charge is 2.21. The van der Waals surface area contributed by atoms with Crippen LogP contribution in [-0.2, 0) is 0 Å². The van der Waals surface area contributed by atoms with Gasteiger partial charge in [-0.05, 0) is 19.8 Å². The molecular weight excluding hydrogens is 225 g/mol. The molecule has 1 aliphatic rings. The van der Waals surface area contributed by atoms with Crippen LogP contribution >= 0.6 is 0 Å². The van der Waals surface area contributed by atoms with Gasteiger partial charge in [0.05, 0.1) is 11.9 Å². The minimum absolute atomic E-state index is 0.256. The third-order valence-corrected chi connectivity index (χ3v) is 2.94. The van der Waals surface area contributed by atoms with Gasteiger partial charge in [-0.1, -0.05) is 0 Å². The number of halogens is 1. The number of hydrogen-bond donors (Lipinski definition) is 2. The molecule has 0 saturated carbocycles. The zero-order valence-electron chi connectivity index (χ0n) is 9.48. The van der Waals surface area contributed by atoms with Crippen molar-refractivity contribution in [3.05, 3.63) is 18.1 Å². The van der Waals surface area contributed by atoms with Crippen LogP contribution in [0.5, 0.6) is 0 Å². The van der Waals surface area contributed by atoms with Gasteiger partial charge in [-0.2, -0.15) is 0 Å². The van der Waals surface area contributed by atoms with E-state index in [4.69, 9.17) is 5.11 Å². The first-order valence-corrected chi connectivity index (χ1v) is 5.50. The fourth-order valence-electron chi connectivity index (χ4n) is 2.09. The lowest BCUT2D eigenvalue weighted by Crippen LogP contribution is -2.26. The van der Waals surface area contributed by atoms with Crippen LogP contribution in [0.3, 0.4) is 0 Å². The van der Waals surface area contributed by atoms with Crippen LogP contribution < -0.4 is 10.2 Å². The summed E-state index contributed by atoms with van der Waals surface area (Å²) in [7, 11) is 0. The molecule has 92 valence electrons. The molecule has 2 heterocycles. The number of amides is 1. The highest BCUT2D eigenvalue weighted by atomic mass is 19.1. The summed E-state index contributed by atoms with van der Waals surface area (Å²) in [6, 6.07) is 1.69. The second-order valence-electron chi connectivity index (χ2n) is 4.14. The lowest BCUT2D eigenvalue weighted by Gasteiger charge is -2.23. The first-order chi connectivity index (χ1) is 8.08. The lowest BCUT2D eigenvalue weighted by atomic mass is 10.2. The Bertz CT molecular complexity index is 439. The Morgan fingerprint density at radius 3 is 3.00 bits per heavy atom. The van der Waals surface area contributed by atoms with Crippen molar-refractivity contribution in [2.24, 2.45) is 0 Å². The van der Waals surface area contributed by atoms with Gasteiger partial charge in [0.15, 0.2) is 11.6 Å². The van der Waals surface area contributed by atoms with Gasteiger partial charge in [-0.15, -0.1) is 0 Å². The summed E-state index contributed by atoms with van der Waals surface area (Å²) in [5.41, 5.74) is 0.698. The molecule has 1 saturated heterocycles. The number of carboxylic acid groups (broad SMARTS) is 1. The summed E-state index contributed by atoms with van der Waals surface area (Å²) in [6.07, 6.45) is 2.34. The largest absolute Gasteiger partial charge is 0.465 e. The SMILES string of the molecule is CC1CCCN1c1cnc(NC(=O)O)c(F)c1. The smallest absolute Gasteiger partial charge is 0.410 e. The Hall–Kier alpha value is -1.85. The fourth-order valence-corrected chi connectivity index (χ4v) is 2.09. The number of nitrogens with zero attached hydrogens (tertiary/aromatic N) is 2. The van der Waals surface area contributed by atoms with Crippen molar-refractivity contribution in [1.82, 2.24) is 4.98 Å². The maximum Gasteiger partial charge on any atom is 0.410 e. The second-order valence-corrected chi connectivity index (χ2v) is 4.14. The molecule has 1 amide bonds. The topological polar surface area (TPSA) is 65.5 Å². The molecule has 0 aliphatic carbocycles. The molecule has 0 spiro atoms. The van der Waals surface area contributed by atoms with Gasteiger partial charge in [0.25, 0.3) is 0 Å². The van der Waals surface area contributed by atoms with Gasteiger partial charge in [-0.3, -0.25) is 5.32 Å². The van der Waals surface area contributed by atoms with Gasteiger partial charge >= 0.3 is 6.09 Å². The van der Waals surface area contributed by atoms with Crippen LogP contribution in [-0.4, -0.2) is 28.8 Å². The molecule has 17 heavy (non-hydrogen) atoms. The van der Waals surface area contributed by atoms with Crippen LogP contribution in [0.15, 0.2) is 12.3 Å². The Kier molecular flexibility index (Phi) is 3.12. The summed E-state index contributed by atoms with van der Waals surface area (Å²) in [4.78, 5) is 16.2. The van der Waals surface area contributed by atoms with Crippen LogP contribution in [0, 0.1) is 5.82 Å². The van der Waals surface area contributed by atoms with Crippen molar-refractivity contribution in [1.29, 1.82) is 0 Å². The van der Waals surface area contributed by atoms with Crippen LogP contribution in [0.2, 0.25) is 0 Å². The minimum Gasteiger partial charge on any atom is -0.465 e. The average Bonchev–Trinajstić information content (AvgIpc) is 2.67. The molecule has 0 radical (unpaired) electrons. The van der Waals surface area contributed by atoms with E-state index in [1.165, 1.54) is 12.3 Å². The van der Waals surface area contributed by atoms with E-state index in [-0.39, 0.29) is 5.82 Å². The number of pyridine rings is 1. The van der Waals surface area contributed by atoms with Gasteiger partial charge in [0.1, 0.15) is 0 Å². The summed E-state index contributed by atoms with van der Waals surface area (Å²) in [5, 5.41) is 10.4. The van der Waals surface area contributed by atoms with E-state index < -0.39 is 11.9 Å². The maximum absolute atomic E-state index is 13.6. The highest BCUT2D eigenvalue weighted by molar-refractivity contribution is 5.81. The van der Waals surface area contributed by atoms with E-state index in [9.17, 15) is 9.18 Å². The summed E-state index contributed by atoms with van der Waals surface area (Å²) in [5.74, 6) is -0.905. The molecule has 0 bridgehead atoms. The summed E-state index contributed by atoms with van der Waals surface area (Å²) in [6.45, 7) is 2.96. The molecule has 6 heteroatoms. The van der Waals surface area contributed by atoms with E-state index in [0.717, 1.165) is 19.4 Å². The first-order valence-electron chi connectivity index (χ1n) is 5.50. The highest BCUT2D eigenvalue weighted by Crippen LogP contribution is 2.26. The predicted octanol–water partition coefficient (Wildman–Crippen LogP) is 2.30. The fraction of sp³-hybridized carbons (Fsp3) is 0.455. The monoisotopic (exact) mass is 239 g/mol. The van der Waals surface area contributed by atoms with Crippen molar-refractivity contribution >= 4 is 17.6 Å². The normalized spacial score (nSPS) is 19.4. The Balaban J connectivity index is 2.21. The summed E-state index contributed by atoms with van der Waals surface area (Å²) >= 11 is 0. The average molecular weight is 239 g/mol. The number of rotatable bonds is 2. The number of aromatic nitrogens is 1. The minimum atomic E-state index is -1.32. The zero-order chi connectivity index (χ0) is 12.4. The standard InChI is InChI=1S/C11H14FN3O2/c1-7-3-2-4-15(7)8-5-9(12)10(13-6-8)14-11(16)17/h5-7H,2-4H2,1H3,(H,13,14)(H,16,17). The van der Waals surface area contributed by atoms with Gasteiger partial charge in [-0.25, -0.2) is 14.2 Å². The number of carbonyl (C=O) groups is 1. The summed E-state index contributed by atoms with van der Waals surface area (Å²) < 4.78 is 13.6. The maximum atomic E-state index is 13.6. The van der Waals surface area contributed by atoms with Crippen LogP contribution in [0.25, 0.3) is 0 Å². The first kappa shape index (κ1) is 11.6. The molecule has 2 N–H and O–H groups in total. The molecule has 1 aliphatic heterocycles. The van der Waals surface area contributed by atoms with E-state index in [1.807, 2.05) is 5.32 Å². The number of hydrogen-bond acceptors (Lipinski definition) is 3. The Morgan fingerprint density at radius 1 is 1.71 bits per heavy atom. The molecule has 1 aromatic heterocycles. The van der Waals surface area contributed by atoms with Gasteiger partial charge < -0.3 is 10.0 Å². The number of anilines is 2. The number of nitrogens with one attached hydrogen (secondary N) is 1. The molecule has 5 nitrogen and oxygen atoms in total. The van der Waals surface area contributed by atoms with Gasteiger partial charge in [0.2, 0.25) is 0 Å². The quantitative estimate of drug-likeness (QED) is 0.831. The third kappa shape index (κ3) is 2.46. The second kappa shape index (κ2) is 4.57. The van der Waals surface area contributed by atoms with Crippen molar-refractivity contribution in [2.75, 3.05) is 16.8 Å². The molecule has 1 aromatic rings. The molecule has 1 atom stereocenters. The van der Waals surface area contributed by atoms with Crippen LogP contribution in [0.4, 0.5) is 20.7 Å². The molecule has 2 rings (SSSR count). The van der Waals surface area contributed by atoms with Crippen molar-refractivity contribution in [3.63, 3.8) is 0 Å². The molecule has 1 fully saturated rings. The van der Waals surface area contributed by atoms with E-state index in [2.05, 4.69) is 16.8 Å². The van der Waals surface area contributed by atoms with Crippen LogP contribution in [0.1, 0.15) is 19.8 Å². The van der Waals surface area contributed by atoms with E-state index in [0.29, 0.717) is 11.7 Å².